The Kier molecular flexibility index (Phi) is 16.6. The van der Waals surface area contributed by atoms with E-state index in [2.05, 4.69) is 16.0 Å². The lowest BCUT2D eigenvalue weighted by atomic mass is 9.44. The SMILES string of the molecule is CC[C@H]1OC(=O)[C@H](C)C(O)[C@H](C)[C@@H](O)[C@](C)(O)C[C@@H](C)CN[C@H](C)C(OC(=O)NCCNCCC(=O)O[C@]2(C(=O)OC)[C@H](C)CC3C4CCC5=CC(=O)C=C[C@]5(C)[C@@]4(F)[C@@H](O)C[C@@]32C)[C@]1(C)O. The van der Waals surface area contributed by atoms with Gasteiger partial charge in [0.05, 0.1) is 43.4 Å². The zero-order valence-corrected chi connectivity index (χ0v) is 41.2. The molecule has 1 aliphatic heterocycles. The number of halogens is 1. The van der Waals surface area contributed by atoms with E-state index < -0.39 is 123 Å². The average Bonchev–Trinajstić information content (AvgIpc) is 3.48. The van der Waals surface area contributed by atoms with Crippen molar-refractivity contribution in [2.75, 3.05) is 33.3 Å². The molecular formula is C49H78FN3O14. The number of carbonyl (C=O) groups is 5. The first-order valence-electron chi connectivity index (χ1n) is 24.1. The first-order valence-corrected chi connectivity index (χ1v) is 24.1. The van der Waals surface area contributed by atoms with Crippen LogP contribution in [0.2, 0.25) is 0 Å². The highest BCUT2D eigenvalue weighted by molar-refractivity contribution is 6.01. The summed E-state index contributed by atoms with van der Waals surface area (Å²) in [6.07, 6.45) is -2.34. The molecule has 380 valence electrons. The van der Waals surface area contributed by atoms with Crippen LogP contribution in [0.1, 0.15) is 114 Å². The van der Waals surface area contributed by atoms with E-state index in [0.29, 0.717) is 24.8 Å². The number of alkyl halides is 1. The predicted molar refractivity (Wildman–Crippen MR) is 243 cm³/mol. The van der Waals surface area contributed by atoms with Gasteiger partial charge < -0.3 is 60.4 Å². The highest BCUT2D eigenvalue weighted by atomic mass is 19.1. The molecule has 8 N–H and O–H groups in total. The molecule has 17 nitrogen and oxygen atoms in total. The number of ketones is 1. The van der Waals surface area contributed by atoms with Crippen LogP contribution in [0.5, 0.6) is 0 Å². The van der Waals surface area contributed by atoms with Crippen LogP contribution in [0.3, 0.4) is 0 Å². The third-order valence-electron chi connectivity index (χ3n) is 16.7. The summed E-state index contributed by atoms with van der Waals surface area (Å²) in [4.78, 5) is 66.5. The molecule has 1 amide bonds. The maximum absolute atomic E-state index is 17.7. The lowest BCUT2D eigenvalue weighted by molar-refractivity contribution is -0.235. The summed E-state index contributed by atoms with van der Waals surface area (Å²) in [6, 6.07) is -0.719. The van der Waals surface area contributed by atoms with Crippen molar-refractivity contribution >= 4 is 29.8 Å². The maximum atomic E-state index is 17.7. The van der Waals surface area contributed by atoms with Gasteiger partial charge >= 0.3 is 24.0 Å². The molecule has 0 aromatic heterocycles. The summed E-state index contributed by atoms with van der Waals surface area (Å²) in [5.41, 5.74) is -9.32. The summed E-state index contributed by atoms with van der Waals surface area (Å²) in [5.74, 6) is -6.62. The van der Waals surface area contributed by atoms with Crippen LogP contribution in [0.15, 0.2) is 23.8 Å². The predicted octanol–water partition coefficient (Wildman–Crippen LogP) is 2.97. The maximum Gasteiger partial charge on any atom is 0.407 e. The number of ether oxygens (including phenoxy) is 4. The fraction of sp³-hybridized carbons (Fsp3) is 0.816. The highest BCUT2D eigenvalue weighted by Crippen LogP contribution is 2.71. The van der Waals surface area contributed by atoms with E-state index in [1.54, 1.807) is 40.7 Å². The normalized spacial score (nSPS) is 44.9. The Labute approximate surface area is 394 Å². The molecule has 5 aliphatic rings. The number of methoxy groups -OCH3 is 1. The van der Waals surface area contributed by atoms with E-state index in [0.717, 1.165) is 0 Å². The fourth-order valence-electron chi connectivity index (χ4n) is 12.8. The summed E-state index contributed by atoms with van der Waals surface area (Å²) in [6.45, 7) is 16.9. The van der Waals surface area contributed by atoms with Crippen LogP contribution >= 0.6 is 0 Å². The number of cyclic esters (lactones) is 1. The number of aliphatic hydroxyl groups excluding tert-OH is 3. The Balaban J connectivity index is 1.21. The Bertz CT molecular complexity index is 1910. The number of hydrogen-bond donors (Lipinski definition) is 8. The van der Waals surface area contributed by atoms with Gasteiger partial charge in [0.2, 0.25) is 5.60 Å². The highest BCUT2D eigenvalue weighted by Gasteiger charge is 2.78. The quantitative estimate of drug-likeness (QED) is 0.0890. The summed E-state index contributed by atoms with van der Waals surface area (Å²) >= 11 is 0. The third-order valence-corrected chi connectivity index (χ3v) is 16.7. The van der Waals surface area contributed by atoms with Crippen molar-refractivity contribution < 1.29 is 72.8 Å². The molecule has 67 heavy (non-hydrogen) atoms. The first kappa shape index (κ1) is 54.4. The van der Waals surface area contributed by atoms with E-state index >= 15 is 4.39 Å². The van der Waals surface area contributed by atoms with E-state index in [9.17, 15) is 49.5 Å². The number of amides is 1. The number of esters is 3. The van der Waals surface area contributed by atoms with Crippen molar-refractivity contribution in [3.8, 4) is 0 Å². The molecule has 0 aromatic carbocycles. The number of carbonyl (C=O) groups excluding carboxylic acids is 5. The molecular weight excluding hydrogens is 874 g/mol. The summed E-state index contributed by atoms with van der Waals surface area (Å²) in [7, 11) is 1.20. The van der Waals surface area contributed by atoms with Crippen LogP contribution in [0, 0.1) is 46.3 Å². The Morgan fingerprint density at radius 1 is 0.970 bits per heavy atom. The molecule has 5 rings (SSSR count). The van der Waals surface area contributed by atoms with E-state index in [1.807, 2.05) is 6.92 Å². The molecule has 18 heteroatoms. The number of hydrogen-bond acceptors (Lipinski definition) is 16. The number of fused-ring (bicyclic) bond motifs is 5. The molecule has 18 atom stereocenters. The van der Waals surface area contributed by atoms with Crippen LogP contribution in [-0.4, -0.2) is 148 Å². The van der Waals surface area contributed by atoms with Crippen LogP contribution in [0.4, 0.5) is 9.18 Å². The molecule has 4 fully saturated rings. The van der Waals surface area contributed by atoms with Gasteiger partial charge in [-0.2, -0.15) is 0 Å². The van der Waals surface area contributed by atoms with Crippen LogP contribution in [0.25, 0.3) is 0 Å². The minimum Gasteiger partial charge on any atom is -0.466 e. The number of rotatable bonds is 10. The Hall–Kier alpha value is -3.52. The fourth-order valence-corrected chi connectivity index (χ4v) is 12.8. The molecule has 4 aliphatic carbocycles. The van der Waals surface area contributed by atoms with Gasteiger partial charge in [-0.05, 0) is 104 Å². The molecule has 0 spiro atoms. The molecule has 3 saturated carbocycles. The van der Waals surface area contributed by atoms with Gasteiger partial charge in [-0.25, -0.2) is 14.0 Å². The van der Waals surface area contributed by atoms with Gasteiger partial charge in [0, 0.05) is 54.3 Å². The smallest absolute Gasteiger partial charge is 0.407 e. The zero-order valence-electron chi connectivity index (χ0n) is 41.2. The molecule has 0 radical (unpaired) electrons. The van der Waals surface area contributed by atoms with Crippen molar-refractivity contribution in [1.29, 1.82) is 0 Å². The van der Waals surface area contributed by atoms with Crippen molar-refractivity contribution in [3.63, 3.8) is 0 Å². The van der Waals surface area contributed by atoms with E-state index in [1.165, 1.54) is 47.0 Å². The van der Waals surface area contributed by atoms with E-state index in [-0.39, 0.29) is 63.6 Å². The van der Waals surface area contributed by atoms with Gasteiger partial charge in [-0.15, -0.1) is 0 Å². The third kappa shape index (κ3) is 9.83. The molecule has 0 aromatic rings. The van der Waals surface area contributed by atoms with Crippen LogP contribution in [-0.2, 0) is 38.1 Å². The largest absolute Gasteiger partial charge is 0.466 e. The number of aliphatic hydroxyl groups is 5. The minimum absolute atomic E-state index is 0.0189. The number of allylic oxidation sites excluding steroid dienone is 4. The van der Waals surface area contributed by atoms with Gasteiger partial charge in [0.15, 0.2) is 17.6 Å². The lowest BCUT2D eigenvalue weighted by Gasteiger charge is -2.62. The Morgan fingerprint density at radius 3 is 2.28 bits per heavy atom. The van der Waals surface area contributed by atoms with E-state index in [4.69, 9.17) is 18.9 Å². The summed E-state index contributed by atoms with van der Waals surface area (Å²) in [5, 5.41) is 66.1. The number of nitrogens with one attached hydrogen (secondary N) is 3. The zero-order chi connectivity index (χ0) is 50.2. The second-order valence-corrected chi connectivity index (χ2v) is 21.4. The minimum atomic E-state index is -2.14. The second-order valence-electron chi connectivity index (χ2n) is 21.4. The Morgan fingerprint density at radius 2 is 1.64 bits per heavy atom. The van der Waals surface area contributed by atoms with Gasteiger partial charge in [0.1, 0.15) is 11.7 Å². The molecule has 0 bridgehead atoms. The van der Waals surface area contributed by atoms with Crippen LogP contribution < -0.4 is 16.0 Å². The van der Waals surface area contributed by atoms with Gasteiger partial charge in [-0.1, -0.05) is 46.3 Å². The molecule has 1 saturated heterocycles. The second kappa shape index (κ2) is 20.4. The van der Waals surface area contributed by atoms with Crippen molar-refractivity contribution in [3.05, 3.63) is 23.8 Å². The topological polar surface area (TPSA) is 260 Å². The standard InChI is InChI=1S/C49H78FN3O14/c1-12-36-47(10,63)40(30(6)53-25-26(2)23-46(9,62)39(58)28(4)38(57)29(5)41(59)65-36)66-43(61)52-20-19-51-18-16-37(56)67-49(42(60)64-11)27(3)21-34-33-14-13-31-22-32(54)15-17-44(31,7)48(33,50)35(55)24-45(34,49)8/h15,17,22,26-30,33-36,38-40,51,53,55,57-58,62-63H,12-14,16,18-21,23-25H2,1-11H3,(H,52,61)/t26-,27-,28+,29-,30-,33?,34?,35+,36-,38?,39-,40?,44+,45+,46-,47-,48+,49+/m1/s1. The lowest BCUT2D eigenvalue weighted by Crippen LogP contribution is -2.70. The van der Waals surface area contributed by atoms with Crippen molar-refractivity contribution in [1.82, 2.24) is 16.0 Å². The first-order chi connectivity index (χ1) is 31.1. The van der Waals surface area contributed by atoms with Crippen molar-refractivity contribution in [2.45, 2.75) is 173 Å². The molecule has 4 unspecified atom stereocenters. The molecule has 1 heterocycles. The monoisotopic (exact) mass is 952 g/mol. The average molecular weight is 952 g/mol. The van der Waals surface area contributed by atoms with Crippen molar-refractivity contribution in [2.24, 2.45) is 46.3 Å². The number of alkyl carbamates (subject to hydrolysis) is 1. The van der Waals surface area contributed by atoms with Gasteiger partial charge in [0.25, 0.3) is 0 Å². The van der Waals surface area contributed by atoms with Gasteiger partial charge in [-0.3, -0.25) is 14.4 Å². The summed E-state index contributed by atoms with van der Waals surface area (Å²) < 4.78 is 40.8.